The highest BCUT2D eigenvalue weighted by Gasteiger charge is 2.24. The smallest absolute Gasteiger partial charge is 0.142 e. The Morgan fingerprint density at radius 2 is 1.79 bits per heavy atom. The maximum absolute atomic E-state index is 6.30. The van der Waals surface area contributed by atoms with Gasteiger partial charge in [0.15, 0.2) is 0 Å². The minimum atomic E-state index is 0.423. The van der Waals surface area contributed by atoms with Crippen LogP contribution in [0.15, 0.2) is 28.7 Å². The zero-order valence-corrected chi connectivity index (χ0v) is 13.1. The Balaban J connectivity index is 2.06. The standard InChI is InChI=1S/C14H11BrCl2N2/c15-10-6-2-5-9(7-10)11-12(16)18-14(19-13(11)17)8-3-1-4-8/h2,5-8H,1,3-4H2. The van der Waals surface area contributed by atoms with E-state index in [0.29, 0.717) is 21.8 Å². The van der Waals surface area contributed by atoms with E-state index in [1.54, 1.807) is 0 Å². The van der Waals surface area contributed by atoms with Crippen molar-refractivity contribution in [3.05, 3.63) is 44.9 Å². The van der Waals surface area contributed by atoms with E-state index in [0.717, 1.165) is 28.7 Å². The summed E-state index contributed by atoms with van der Waals surface area (Å²) in [6.45, 7) is 0. The molecule has 0 aliphatic heterocycles. The molecule has 2 aromatic rings. The summed E-state index contributed by atoms with van der Waals surface area (Å²) in [4.78, 5) is 8.83. The van der Waals surface area contributed by atoms with Gasteiger partial charge in [0, 0.05) is 10.4 Å². The minimum absolute atomic E-state index is 0.423. The Morgan fingerprint density at radius 1 is 1.11 bits per heavy atom. The third-order valence-corrected chi connectivity index (χ3v) is 4.46. The van der Waals surface area contributed by atoms with Gasteiger partial charge in [-0.1, -0.05) is 57.7 Å². The Hall–Kier alpha value is -0.640. The van der Waals surface area contributed by atoms with Gasteiger partial charge in [0.25, 0.3) is 0 Å². The van der Waals surface area contributed by atoms with Gasteiger partial charge in [0.2, 0.25) is 0 Å². The number of nitrogens with zero attached hydrogens (tertiary/aromatic N) is 2. The van der Waals surface area contributed by atoms with E-state index in [2.05, 4.69) is 25.9 Å². The van der Waals surface area contributed by atoms with E-state index in [1.807, 2.05) is 24.3 Å². The van der Waals surface area contributed by atoms with E-state index < -0.39 is 0 Å². The molecule has 19 heavy (non-hydrogen) atoms. The topological polar surface area (TPSA) is 25.8 Å². The molecule has 3 rings (SSSR count). The van der Waals surface area contributed by atoms with Crippen molar-refractivity contribution in [3.8, 4) is 11.1 Å². The van der Waals surface area contributed by atoms with Gasteiger partial charge in [-0.25, -0.2) is 9.97 Å². The van der Waals surface area contributed by atoms with Gasteiger partial charge in [0.05, 0.1) is 5.56 Å². The molecule has 98 valence electrons. The molecule has 0 spiro atoms. The van der Waals surface area contributed by atoms with Gasteiger partial charge >= 0.3 is 0 Å². The Bertz CT molecular complexity index is 604. The lowest BCUT2D eigenvalue weighted by molar-refractivity contribution is 0.401. The van der Waals surface area contributed by atoms with Crippen molar-refractivity contribution in [2.75, 3.05) is 0 Å². The summed E-state index contributed by atoms with van der Waals surface area (Å²) >= 11 is 16.0. The molecule has 0 bridgehead atoms. The lowest BCUT2D eigenvalue weighted by atomic mass is 9.85. The van der Waals surface area contributed by atoms with Crippen LogP contribution in [0.2, 0.25) is 10.3 Å². The average molecular weight is 358 g/mol. The number of hydrogen-bond donors (Lipinski definition) is 0. The van der Waals surface area contributed by atoms with Crippen LogP contribution in [-0.4, -0.2) is 9.97 Å². The second-order valence-corrected chi connectivity index (χ2v) is 6.31. The highest BCUT2D eigenvalue weighted by Crippen LogP contribution is 2.39. The fourth-order valence-corrected chi connectivity index (χ4v) is 3.17. The summed E-state index contributed by atoms with van der Waals surface area (Å²) in [5.41, 5.74) is 1.62. The summed E-state index contributed by atoms with van der Waals surface area (Å²) in [7, 11) is 0. The van der Waals surface area contributed by atoms with Gasteiger partial charge in [-0.2, -0.15) is 0 Å². The number of rotatable bonds is 2. The first-order chi connectivity index (χ1) is 9.15. The summed E-state index contributed by atoms with van der Waals surface area (Å²) < 4.78 is 0.972. The fraction of sp³-hybridized carbons (Fsp3) is 0.286. The normalized spacial score (nSPS) is 15.3. The minimum Gasteiger partial charge on any atom is -0.220 e. The van der Waals surface area contributed by atoms with E-state index >= 15 is 0 Å². The molecule has 0 radical (unpaired) electrons. The zero-order valence-electron chi connectivity index (χ0n) is 10.0. The predicted molar refractivity (Wildman–Crippen MR) is 81.8 cm³/mol. The Kier molecular flexibility index (Phi) is 3.79. The first-order valence-electron chi connectivity index (χ1n) is 6.14. The van der Waals surface area contributed by atoms with Crippen molar-refractivity contribution in [2.24, 2.45) is 0 Å². The van der Waals surface area contributed by atoms with Crippen molar-refractivity contribution in [1.82, 2.24) is 9.97 Å². The largest absolute Gasteiger partial charge is 0.220 e. The van der Waals surface area contributed by atoms with Crippen molar-refractivity contribution in [2.45, 2.75) is 25.2 Å². The molecule has 1 saturated carbocycles. The lowest BCUT2D eigenvalue weighted by Crippen LogP contribution is -2.13. The third-order valence-electron chi connectivity index (χ3n) is 3.42. The quantitative estimate of drug-likeness (QED) is 0.665. The molecule has 0 N–H and O–H groups in total. The van der Waals surface area contributed by atoms with Crippen LogP contribution >= 0.6 is 39.1 Å². The molecule has 0 amide bonds. The van der Waals surface area contributed by atoms with Crippen LogP contribution < -0.4 is 0 Å². The number of halogens is 3. The molecule has 1 aromatic carbocycles. The molecular weight excluding hydrogens is 347 g/mol. The molecular formula is C14H11BrCl2N2. The average Bonchev–Trinajstić information content (AvgIpc) is 2.25. The monoisotopic (exact) mass is 356 g/mol. The molecule has 0 atom stereocenters. The molecule has 0 unspecified atom stereocenters. The van der Waals surface area contributed by atoms with Crippen LogP contribution in [0.4, 0.5) is 0 Å². The molecule has 1 fully saturated rings. The highest BCUT2D eigenvalue weighted by molar-refractivity contribution is 9.10. The van der Waals surface area contributed by atoms with E-state index in [4.69, 9.17) is 23.2 Å². The molecule has 1 heterocycles. The summed E-state index contributed by atoms with van der Waals surface area (Å²) in [5.74, 6) is 1.20. The molecule has 1 aromatic heterocycles. The maximum atomic E-state index is 6.30. The predicted octanol–water partition coefficient (Wildman–Crippen LogP) is 5.48. The second-order valence-electron chi connectivity index (χ2n) is 4.68. The van der Waals surface area contributed by atoms with Crippen LogP contribution in [0.25, 0.3) is 11.1 Å². The van der Waals surface area contributed by atoms with Crippen LogP contribution in [0.3, 0.4) is 0 Å². The summed E-state index contributed by atoms with van der Waals surface area (Å²) in [6.07, 6.45) is 3.49. The second kappa shape index (κ2) is 5.39. The first kappa shape index (κ1) is 13.3. The number of benzene rings is 1. The van der Waals surface area contributed by atoms with Crippen LogP contribution in [0, 0.1) is 0 Å². The molecule has 0 saturated heterocycles. The first-order valence-corrected chi connectivity index (χ1v) is 7.69. The van der Waals surface area contributed by atoms with E-state index in [9.17, 15) is 0 Å². The molecule has 2 nitrogen and oxygen atoms in total. The fourth-order valence-electron chi connectivity index (χ4n) is 2.15. The van der Waals surface area contributed by atoms with Crippen LogP contribution in [-0.2, 0) is 0 Å². The zero-order chi connectivity index (χ0) is 13.4. The lowest BCUT2D eigenvalue weighted by Gasteiger charge is -2.24. The Labute approximate surface area is 130 Å². The number of hydrogen-bond acceptors (Lipinski definition) is 2. The summed E-state index contributed by atoms with van der Waals surface area (Å²) in [6, 6.07) is 7.80. The Morgan fingerprint density at radius 3 is 2.32 bits per heavy atom. The SMILES string of the molecule is Clc1nc(C2CCC2)nc(Cl)c1-c1cccc(Br)c1. The van der Waals surface area contributed by atoms with E-state index in [-0.39, 0.29) is 0 Å². The number of aromatic nitrogens is 2. The highest BCUT2D eigenvalue weighted by atomic mass is 79.9. The maximum Gasteiger partial charge on any atom is 0.142 e. The van der Waals surface area contributed by atoms with Crippen molar-refractivity contribution in [3.63, 3.8) is 0 Å². The van der Waals surface area contributed by atoms with Crippen LogP contribution in [0.5, 0.6) is 0 Å². The molecule has 1 aliphatic rings. The van der Waals surface area contributed by atoms with Crippen LogP contribution in [0.1, 0.15) is 31.0 Å². The van der Waals surface area contributed by atoms with Gasteiger partial charge in [-0.05, 0) is 30.5 Å². The van der Waals surface area contributed by atoms with E-state index in [1.165, 1.54) is 6.42 Å². The van der Waals surface area contributed by atoms with Crippen molar-refractivity contribution < 1.29 is 0 Å². The third kappa shape index (κ3) is 2.64. The van der Waals surface area contributed by atoms with Gasteiger partial charge in [0.1, 0.15) is 16.1 Å². The van der Waals surface area contributed by atoms with Crippen molar-refractivity contribution >= 4 is 39.1 Å². The van der Waals surface area contributed by atoms with Gasteiger partial charge in [-0.15, -0.1) is 0 Å². The van der Waals surface area contributed by atoms with Gasteiger partial charge < -0.3 is 0 Å². The summed E-state index contributed by atoms with van der Waals surface area (Å²) in [5, 5.41) is 0.861. The molecule has 1 aliphatic carbocycles. The molecule has 5 heteroatoms. The van der Waals surface area contributed by atoms with Gasteiger partial charge in [-0.3, -0.25) is 0 Å². The van der Waals surface area contributed by atoms with Crippen molar-refractivity contribution in [1.29, 1.82) is 0 Å².